The quantitative estimate of drug-likeness (QED) is 0.766. The van der Waals surface area contributed by atoms with Gasteiger partial charge >= 0.3 is 0 Å². The van der Waals surface area contributed by atoms with Crippen LogP contribution in [0, 0.1) is 0 Å². The first-order valence-electron chi connectivity index (χ1n) is 6.55. The molecule has 2 atom stereocenters. The molecule has 19 heavy (non-hydrogen) atoms. The highest BCUT2D eigenvalue weighted by Crippen LogP contribution is 2.43. The van der Waals surface area contributed by atoms with E-state index in [-0.39, 0.29) is 0 Å². The Morgan fingerprint density at radius 2 is 2.00 bits per heavy atom. The van der Waals surface area contributed by atoms with Gasteiger partial charge in [-0.3, -0.25) is 0 Å². The van der Waals surface area contributed by atoms with E-state index in [2.05, 4.69) is 58.1 Å². The highest BCUT2D eigenvalue weighted by atomic mass is 32.1. The molecule has 0 aliphatic heterocycles. The van der Waals surface area contributed by atoms with E-state index in [0.29, 0.717) is 12.0 Å². The SMILES string of the molecule is c1ccc(C2CC2Nc2nccc3sccc23)cc1. The number of aromatic nitrogens is 1. The maximum absolute atomic E-state index is 4.48. The lowest BCUT2D eigenvalue weighted by molar-refractivity contribution is 1.03. The Morgan fingerprint density at radius 3 is 2.89 bits per heavy atom. The van der Waals surface area contributed by atoms with E-state index in [1.165, 1.54) is 22.1 Å². The largest absolute Gasteiger partial charge is 0.366 e. The van der Waals surface area contributed by atoms with Gasteiger partial charge in [0.1, 0.15) is 5.82 Å². The minimum Gasteiger partial charge on any atom is -0.366 e. The van der Waals surface area contributed by atoms with E-state index in [1.807, 2.05) is 6.20 Å². The van der Waals surface area contributed by atoms with Crippen LogP contribution in [0.5, 0.6) is 0 Å². The van der Waals surface area contributed by atoms with Gasteiger partial charge in [0.25, 0.3) is 0 Å². The Hall–Kier alpha value is -1.87. The van der Waals surface area contributed by atoms with Crippen LogP contribution >= 0.6 is 11.3 Å². The van der Waals surface area contributed by atoms with Crippen LogP contribution in [0.15, 0.2) is 54.0 Å². The zero-order chi connectivity index (χ0) is 12.7. The van der Waals surface area contributed by atoms with Crippen molar-refractivity contribution in [1.82, 2.24) is 4.98 Å². The van der Waals surface area contributed by atoms with Gasteiger partial charge in [-0.25, -0.2) is 4.98 Å². The molecule has 2 aromatic heterocycles. The van der Waals surface area contributed by atoms with Crippen LogP contribution in [0.2, 0.25) is 0 Å². The number of rotatable bonds is 3. The summed E-state index contributed by atoms with van der Waals surface area (Å²) in [6.07, 6.45) is 3.09. The monoisotopic (exact) mass is 266 g/mol. The summed E-state index contributed by atoms with van der Waals surface area (Å²) in [5, 5.41) is 6.96. The predicted molar refractivity (Wildman–Crippen MR) is 80.8 cm³/mol. The molecule has 0 amide bonds. The predicted octanol–water partition coefficient (Wildman–Crippen LogP) is 4.26. The number of pyridine rings is 1. The summed E-state index contributed by atoms with van der Waals surface area (Å²) < 4.78 is 1.30. The second kappa shape index (κ2) is 4.35. The molecule has 0 bridgehead atoms. The average molecular weight is 266 g/mol. The molecule has 0 radical (unpaired) electrons. The molecule has 1 aromatic carbocycles. The van der Waals surface area contributed by atoms with E-state index < -0.39 is 0 Å². The molecule has 2 heterocycles. The highest BCUT2D eigenvalue weighted by Gasteiger charge is 2.38. The van der Waals surface area contributed by atoms with Gasteiger partial charge in [0.2, 0.25) is 0 Å². The van der Waals surface area contributed by atoms with Gasteiger partial charge in [-0.05, 0) is 29.5 Å². The Bertz CT molecular complexity index is 705. The third kappa shape index (κ3) is 2.00. The van der Waals surface area contributed by atoms with Gasteiger partial charge in [0.15, 0.2) is 0 Å². The van der Waals surface area contributed by atoms with E-state index in [4.69, 9.17) is 0 Å². The molecule has 0 spiro atoms. The van der Waals surface area contributed by atoms with Gasteiger partial charge in [-0.1, -0.05) is 30.3 Å². The standard InChI is InChI=1S/C16H14N2S/c1-2-4-11(5-3-1)13-10-14(13)18-16-12-7-9-19-15(12)6-8-17-16/h1-9,13-14H,10H2,(H,17,18). The maximum atomic E-state index is 4.48. The van der Waals surface area contributed by atoms with Crippen molar-refractivity contribution < 1.29 is 0 Å². The molecule has 0 saturated heterocycles. The summed E-state index contributed by atoms with van der Waals surface area (Å²) in [6, 6.07) is 15.5. The van der Waals surface area contributed by atoms with Crippen molar-refractivity contribution in [3.8, 4) is 0 Å². The Labute approximate surface area is 116 Å². The first-order valence-corrected chi connectivity index (χ1v) is 7.43. The number of fused-ring (bicyclic) bond motifs is 1. The summed E-state index contributed by atoms with van der Waals surface area (Å²) in [4.78, 5) is 4.48. The zero-order valence-corrected chi connectivity index (χ0v) is 11.2. The van der Waals surface area contributed by atoms with Crippen LogP contribution < -0.4 is 5.32 Å². The fourth-order valence-corrected chi connectivity index (χ4v) is 3.39. The van der Waals surface area contributed by atoms with Crippen molar-refractivity contribution in [3.05, 3.63) is 59.6 Å². The number of anilines is 1. The molecule has 1 N–H and O–H groups in total. The van der Waals surface area contributed by atoms with E-state index in [1.54, 1.807) is 11.3 Å². The summed E-state index contributed by atoms with van der Waals surface area (Å²) in [7, 11) is 0. The molecule has 1 fully saturated rings. The minimum absolute atomic E-state index is 0.528. The van der Waals surface area contributed by atoms with Gasteiger partial charge in [0.05, 0.1) is 0 Å². The molecule has 1 saturated carbocycles. The molecule has 94 valence electrons. The molecule has 2 unspecified atom stereocenters. The fourth-order valence-electron chi connectivity index (χ4n) is 2.61. The van der Waals surface area contributed by atoms with Crippen molar-refractivity contribution in [3.63, 3.8) is 0 Å². The molecule has 4 rings (SSSR count). The summed E-state index contributed by atoms with van der Waals surface area (Å²) in [5.74, 6) is 1.67. The second-order valence-corrected chi connectivity index (χ2v) is 5.94. The lowest BCUT2D eigenvalue weighted by atomic mass is 10.1. The molecule has 1 aliphatic carbocycles. The Kier molecular flexibility index (Phi) is 2.52. The Morgan fingerprint density at radius 1 is 1.11 bits per heavy atom. The lowest BCUT2D eigenvalue weighted by Crippen LogP contribution is -2.05. The molecular formula is C16H14N2S. The number of benzene rings is 1. The molecule has 3 aromatic rings. The van der Waals surface area contributed by atoms with Crippen LogP contribution in [0.1, 0.15) is 17.9 Å². The molecule has 1 aliphatic rings. The summed E-state index contributed by atoms with van der Waals surface area (Å²) in [6.45, 7) is 0. The van der Waals surface area contributed by atoms with Crippen LogP contribution in [0.4, 0.5) is 5.82 Å². The third-order valence-corrected chi connectivity index (χ3v) is 4.60. The van der Waals surface area contributed by atoms with Crippen molar-refractivity contribution in [2.45, 2.75) is 18.4 Å². The number of nitrogens with zero attached hydrogens (tertiary/aromatic N) is 1. The number of hydrogen-bond donors (Lipinski definition) is 1. The van der Waals surface area contributed by atoms with E-state index >= 15 is 0 Å². The molecule has 3 heteroatoms. The van der Waals surface area contributed by atoms with E-state index in [0.717, 1.165) is 5.82 Å². The highest BCUT2D eigenvalue weighted by molar-refractivity contribution is 7.17. The van der Waals surface area contributed by atoms with Crippen LogP contribution in [0.3, 0.4) is 0 Å². The van der Waals surface area contributed by atoms with Crippen LogP contribution in [0.25, 0.3) is 10.1 Å². The Balaban J connectivity index is 1.56. The van der Waals surface area contributed by atoms with Crippen molar-refractivity contribution in [1.29, 1.82) is 0 Å². The van der Waals surface area contributed by atoms with E-state index in [9.17, 15) is 0 Å². The average Bonchev–Trinajstić information content (AvgIpc) is 3.05. The number of hydrogen-bond acceptors (Lipinski definition) is 3. The lowest BCUT2D eigenvalue weighted by Gasteiger charge is -2.06. The number of thiophene rings is 1. The van der Waals surface area contributed by atoms with Gasteiger partial charge in [-0.15, -0.1) is 11.3 Å². The van der Waals surface area contributed by atoms with Gasteiger partial charge in [0, 0.05) is 28.2 Å². The first kappa shape index (κ1) is 11.0. The zero-order valence-electron chi connectivity index (χ0n) is 10.4. The van der Waals surface area contributed by atoms with Crippen molar-refractivity contribution >= 4 is 27.2 Å². The van der Waals surface area contributed by atoms with Crippen molar-refractivity contribution in [2.24, 2.45) is 0 Å². The second-order valence-electron chi connectivity index (χ2n) is 5.00. The van der Waals surface area contributed by atoms with Crippen LogP contribution in [-0.4, -0.2) is 11.0 Å². The summed E-state index contributed by atoms with van der Waals surface area (Å²) in [5.41, 5.74) is 1.43. The first-order chi connectivity index (χ1) is 9.42. The van der Waals surface area contributed by atoms with Crippen LogP contribution in [-0.2, 0) is 0 Å². The normalized spacial score (nSPS) is 21.5. The molecular weight excluding hydrogens is 252 g/mol. The minimum atomic E-state index is 0.528. The fraction of sp³-hybridized carbons (Fsp3) is 0.188. The number of nitrogens with one attached hydrogen (secondary N) is 1. The maximum Gasteiger partial charge on any atom is 0.134 e. The van der Waals surface area contributed by atoms with Gasteiger partial charge < -0.3 is 5.32 Å². The topological polar surface area (TPSA) is 24.9 Å². The smallest absolute Gasteiger partial charge is 0.134 e. The van der Waals surface area contributed by atoms with Crippen molar-refractivity contribution in [2.75, 3.05) is 5.32 Å². The molecule has 2 nitrogen and oxygen atoms in total. The third-order valence-electron chi connectivity index (χ3n) is 3.72. The summed E-state index contributed by atoms with van der Waals surface area (Å²) >= 11 is 1.77. The van der Waals surface area contributed by atoms with Gasteiger partial charge in [-0.2, -0.15) is 0 Å².